The molecule has 0 aliphatic carbocycles. The summed E-state index contributed by atoms with van der Waals surface area (Å²) < 4.78 is 6.21. The number of anilines is 1. The maximum absolute atomic E-state index is 12.4. The predicted octanol–water partition coefficient (Wildman–Crippen LogP) is 4.37. The van der Waals surface area contributed by atoms with Gasteiger partial charge in [-0.2, -0.15) is 0 Å². The number of amides is 1. The molecule has 2 aromatic heterocycles. The molecule has 0 atom stereocenters. The molecule has 0 fully saturated rings. The molecule has 5 nitrogen and oxygen atoms in total. The van der Waals surface area contributed by atoms with Crippen molar-refractivity contribution in [2.45, 2.75) is 13.8 Å². The molecule has 23 heavy (non-hydrogen) atoms. The van der Waals surface area contributed by atoms with Gasteiger partial charge in [0, 0.05) is 11.3 Å². The van der Waals surface area contributed by atoms with Gasteiger partial charge in [0.15, 0.2) is 0 Å². The van der Waals surface area contributed by atoms with E-state index in [1.807, 2.05) is 43.3 Å². The Bertz CT molecular complexity index is 860. The second-order valence-electron chi connectivity index (χ2n) is 5.04. The Hall–Kier alpha value is -2.47. The van der Waals surface area contributed by atoms with E-state index < -0.39 is 0 Å². The van der Waals surface area contributed by atoms with Gasteiger partial charge >= 0.3 is 0 Å². The number of nitrogens with zero attached hydrogens (tertiary/aromatic N) is 2. The van der Waals surface area contributed by atoms with Crippen LogP contribution >= 0.6 is 15.9 Å². The minimum atomic E-state index is -0.358. The standard InChI is InChI=1S/C17H14BrN3O2/c1-10-8-9-13(15(18)19-10)21-16(22)14-11(2)20-17(23-14)12-6-4-3-5-7-12/h3-9H,1-2H3,(H,21,22). The maximum atomic E-state index is 12.4. The first-order chi connectivity index (χ1) is 11.0. The van der Waals surface area contributed by atoms with Crippen LogP contribution in [0.2, 0.25) is 0 Å². The van der Waals surface area contributed by atoms with E-state index in [-0.39, 0.29) is 11.7 Å². The first-order valence-electron chi connectivity index (χ1n) is 7.02. The molecule has 0 saturated heterocycles. The third kappa shape index (κ3) is 3.32. The van der Waals surface area contributed by atoms with Crippen LogP contribution in [-0.2, 0) is 0 Å². The van der Waals surface area contributed by atoms with Crippen LogP contribution in [0.5, 0.6) is 0 Å². The molecule has 1 aromatic carbocycles. The smallest absolute Gasteiger partial charge is 0.293 e. The largest absolute Gasteiger partial charge is 0.431 e. The molecule has 1 N–H and O–H groups in total. The first kappa shape index (κ1) is 15.4. The lowest BCUT2D eigenvalue weighted by atomic mass is 10.2. The van der Waals surface area contributed by atoms with E-state index in [1.165, 1.54) is 0 Å². The minimum absolute atomic E-state index is 0.191. The molecule has 0 bridgehead atoms. The van der Waals surface area contributed by atoms with Crippen molar-refractivity contribution >= 4 is 27.5 Å². The number of oxazole rings is 1. The van der Waals surface area contributed by atoms with Gasteiger partial charge in [-0.25, -0.2) is 9.97 Å². The van der Waals surface area contributed by atoms with Gasteiger partial charge in [0.2, 0.25) is 11.7 Å². The number of nitrogens with one attached hydrogen (secondary N) is 1. The summed E-state index contributed by atoms with van der Waals surface area (Å²) in [6.45, 7) is 3.62. The van der Waals surface area contributed by atoms with E-state index in [0.717, 1.165) is 11.3 Å². The molecular weight excluding hydrogens is 358 g/mol. The Balaban J connectivity index is 1.87. The number of halogens is 1. The number of carbonyl (C=O) groups is 1. The number of hydrogen-bond donors (Lipinski definition) is 1. The Morgan fingerprint density at radius 2 is 1.83 bits per heavy atom. The fourth-order valence-electron chi connectivity index (χ4n) is 2.11. The molecule has 0 radical (unpaired) electrons. The van der Waals surface area contributed by atoms with Crippen LogP contribution in [0.3, 0.4) is 0 Å². The minimum Gasteiger partial charge on any atom is -0.431 e. The highest BCUT2D eigenvalue weighted by Gasteiger charge is 2.19. The van der Waals surface area contributed by atoms with E-state index in [0.29, 0.717) is 21.9 Å². The third-order valence-corrected chi connectivity index (χ3v) is 3.86. The normalized spacial score (nSPS) is 10.6. The summed E-state index contributed by atoms with van der Waals surface area (Å²) in [4.78, 5) is 21.0. The van der Waals surface area contributed by atoms with Crippen LogP contribution in [0.4, 0.5) is 5.69 Å². The summed E-state index contributed by atoms with van der Waals surface area (Å²) in [5.74, 6) is 0.259. The Labute approximate surface area is 141 Å². The van der Waals surface area contributed by atoms with E-state index >= 15 is 0 Å². The quantitative estimate of drug-likeness (QED) is 0.694. The second kappa shape index (κ2) is 6.34. The van der Waals surface area contributed by atoms with E-state index in [9.17, 15) is 4.79 Å². The van der Waals surface area contributed by atoms with Crippen LogP contribution in [0.25, 0.3) is 11.5 Å². The predicted molar refractivity (Wildman–Crippen MR) is 91.3 cm³/mol. The molecule has 116 valence electrons. The zero-order valence-corrected chi connectivity index (χ0v) is 14.2. The van der Waals surface area contributed by atoms with Crippen LogP contribution in [0, 0.1) is 13.8 Å². The van der Waals surface area contributed by atoms with Crippen LogP contribution in [0.1, 0.15) is 21.9 Å². The molecule has 0 unspecified atom stereocenters. The van der Waals surface area contributed by atoms with Crippen molar-refractivity contribution in [3.05, 3.63) is 64.2 Å². The summed E-state index contributed by atoms with van der Waals surface area (Å²) >= 11 is 3.34. The number of aryl methyl sites for hydroxylation is 2. The van der Waals surface area contributed by atoms with Crippen molar-refractivity contribution in [3.8, 4) is 11.5 Å². The summed E-state index contributed by atoms with van der Waals surface area (Å²) in [6, 6.07) is 13.1. The van der Waals surface area contributed by atoms with Crippen LogP contribution in [0.15, 0.2) is 51.5 Å². The van der Waals surface area contributed by atoms with Crippen molar-refractivity contribution < 1.29 is 9.21 Å². The summed E-state index contributed by atoms with van der Waals surface area (Å²) in [5, 5.41) is 2.78. The second-order valence-corrected chi connectivity index (χ2v) is 5.80. The molecule has 3 aromatic rings. The molecule has 3 rings (SSSR count). The molecule has 0 saturated carbocycles. The van der Waals surface area contributed by atoms with Gasteiger partial charge in [-0.3, -0.25) is 4.79 Å². The summed E-state index contributed by atoms with van der Waals surface area (Å²) in [5.41, 5.74) is 2.81. The zero-order chi connectivity index (χ0) is 16.4. The van der Waals surface area contributed by atoms with Gasteiger partial charge in [-0.15, -0.1) is 0 Å². The Kier molecular flexibility index (Phi) is 4.25. The lowest BCUT2D eigenvalue weighted by Gasteiger charge is -2.06. The molecule has 0 spiro atoms. The van der Waals surface area contributed by atoms with Crippen molar-refractivity contribution in [2.24, 2.45) is 0 Å². The highest BCUT2D eigenvalue weighted by Crippen LogP contribution is 2.24. The van der Waals surface area contributed by atoms with Gasteiger partial charge in [0.1, 0.15) is 4.60 Å². The van der Waals surface area contributed by atoms with Gasteiger partial charge in [0.05, 0.1) is 11.4 Å². The lowest BCUT2D eigenvalue weighted by molar-refractivity contribution is 0.0996. The fraction of sp³-hybridized carbons (Fsp3) is 0.118. The Morgan fingerprint density at radius 1 is 1.09 bits per heavy atom. The van der Waals surface area contributed by atoms with E-state index in [4.69, 9.17) is 4.42 Å². The van der Waals surface area contributed by atoms with E-state index in [1.54, 1.807) is 13.0 Å². The van der Waals surface area contributed by atoms with Gasteiger partial charge in [0.25, 0.3) is 5.91 Å². The van der Waals surface area contributed by atoms with Crippen molar-refractivity contribution in [3.63, 3.8) is 0 Å². The number of rotatable bonds is 3. The first-order valence-corrected chi connectivity index (χ1v) is 7.81. The van der Waals surface area contributed by atoms with Gasteiger partial charge in [-0.1, -0.05) is 18.2 Å². The zero-order valence-electron chi connectivity index (χ0n) is 12.6. The molecular formula is C17H14BrN3O2. The van der Waals surface area contributed by atoms with Crippen molar-refractivity contribution in [2.75, 3.05) is 5.32 Å². The number of hydrogen-bond acceptors (Lipinski definition) is 4. The maximum Gasteiger partial charge on any atom is 0.293 e. The average Bonchev–Trinajstić information content (AvgIpc) is 2.93. The van der Waals surface area contributed by atoms with Crippen molar-refractivity contribution in [1.29, 1.82) is 0 Å². The average molecular weight is 372 g/mol. The van der Waals surface area contributed by atoms with Crippen LogP contribution in [-0.4, -0.2) is 15.9 Å². The topological polar surface area (TPSA) is 68.0 Å². The number of benzene rings is 1. The number of carbonyl (C=O) groups excluding carboxylic acids is 1. The molecule has 0 aliphatic heterocycles. The molecule has 6 heteroatoms. The summed E-state index contributed by atoms with van der Waals surface area (Å²) in [7, 11) is 0. The third-order valence-electron chi connectivity index (χ3n) is 3.26. The van der Waals surface area contributed by atoms with Gasteiger partial charge < -0.3 is 9.73 Å². The van der Waals surface area contributed by atoms with Crippen LogP contribution < -0.4 is 5.32 Å². The SMILES string of the molecule is Cc1ccc(NC(=O)c2oc(-c3ccccc3)nc2C)c(Br)n1. The molecule has 0 aliphatic rings. The highest BCUT2D eigenvalue weighted by atomic mass is 79.9. The molecule has 1 amide bonds. The fourth-order valence-corrected chi connectivity index (χ4v) is 2.62. The number of pyridine rings is 1. The Morgan fingerprint density at radius 3 is 2.52 bits per heavy atom. The van der Waals surface area contributed by atoms with Gasteiger partial charge in [-0.05, 0) is 54.0 Å². The van der Waals surface area contributed by atoms with E-state index in [2.05, 4.69) is 31.2 Å². The van der Waals surface area contributed by atoms with Crippen molar-refractivity contribution in [1.82, 2.24) is 9.97 Å². The molecule has 2 heterocycles. The summed E-state index contributed by atoms with van der Waals surface area (Å²) in [6.07, 6.45) is 0. The number of aromatic nitrogens is 2. The lowest BCUT2D eigenvalue weighted by Crippen LogP contribution is -2.13. The monoisotopic (exact) mass is 371 g/mol. The highest BCUT2D eigenvalue weighted by molar-refractivity contribution is 9.10.